The van der Waals surface area contributed by atoms with E-state index in [9.17, 15) is 10.1 Å². The van der Waals surface area contributed by atoms with Crippen molar-refractivity contribution in [3.63, 3.8) is 0 Å². The van der Waals surface area contributed by atoms with Crippen LogP contribution in [-0.2, 0) is 4.79 Å². The Bertz CT molecular complexity index is 947. The summed E-state index contributed by atoms with van der Waals surface area (Å²) in [6.07, 6.45) is 1.48. The molecule has 1 N–H and O–H groups in total. The maximum Gasteiger partial charge on any atom is 0.266 e. The topological polar surface area (TPSA) is 80.6 Å². The zero-order chi connectivity index (χ0) is 18.7. The lowest BCUT2D eigenvalue weighted by atomic mass is 10.1. The van der Waals surface area contributed by atoms with E-state index in [1.807, 2.05) is 13.0 Å². The van der Waals surface area contributed by atoms with Gasteiger partial charge in [0.25, 0.3) is 5.91 Å². The number of anilines is 1. The van der Waals surface area contributed by atoms with Gasteiger partial charge in [-0.15, -0.1) is 0 Å². The first-order valence-corrected chi connectivity index (χ1v) is 8.06. The van der Waals surface area contributed by atoms with Gasteiger partial charge in [-0.25, -0.2) is 0 Å². The SMILES string of the molecule is COc1cc(Cl)c(C)cc1NC(=O)C(C#N)=Cc1ccc2c(c1)OCO2. The summed E-state index contributed by atoms with van der Waals surface area (Å²) in [4.78, 5) is 12.5. The summed E-state index contributed by atoms with van der Waals surface area (Å²) in [5.74, 6) is 1.07. The van der Waals surface area contributed by atoms with Crippen molar-refractivity contribution in [3.05, 3.63) is 52.1 Å². The first-order valence-electron chi connectivity index (χ1n) is 7.68. The molecule has 26 heavy (non-hydrogen) atoms. The molecule has 1 heterocycles. The standard InChI is InChI=1S/C19H15ClN2O4/c1-11-5-15(17(24-2)8-14(11)20)22-19(23)13(9-21)6-12-3-4-16-18(7-12)26-10-25-16/h3-8H,10H2,1-2H3,(H,22,23). The Labute approximate surface area is 155 Å². The zero-order valence-electron chi connectivity index (χ0n) is 14.1. The van der Waals surface area contributed by atoms with E-state index in [-0.39, 0.29) is 12.4 Å². The molecule has 132 valence electrons. The predicted molar refractivity (Wildman–Crippen MR) is 97.5 cm³/mol. The van der Waals surface area contributed by atoms with Crippen LogP contribution < -0.4 is 19.5 Å². The number of carbonyl (C=O) groups excluding carboxylic acids is 1. The minimum absolute atomic E-state index is 0.0569. The average molecular weight is 371 g/mol. The highest BCUT2D eigenvalue weighted by Crippen LogP contribution is 2.33. The molecular weight excluding hydrogens is 356 g/mol. The fourth-order valence-electron chi connectivity index (χ4n) is 2.44. The molecule has 0 fully saturated rings. The summed E-state index contributed by atoms with van der Waals surface area (Å²) in [5, 5.41) is 12.6. The van der Waals surface area contributed by atoms with E-state index in [4.69, 9.17) is 25.8 Å². The van der Waals surface area contributed by atoms with Gasteiger partial charge in [0.05, 0.1) is 12.8 Å². The van der Waals surface area contributed by atoms with Gasteiger partial charge in [-0.1, -0.05) is 17.7 Å². The van der Waals surface area contributed by atoms with E-state index in [1.54, 1.807) is 30.3 Å². The molecule has 0 aromatic heterocycles. The van der Waals surface area contributed by atoms with E-state index in [0.717, 1.165) is 5.56 Å². The van der Waals surface area contributed by atoms with Crippen LogP contribution in [0.5, 0.6) is 17.2 Å². The second kappa shape index (κ2) is 7.38. The van der Waals surface area contributed by atoms with Crippen LogP contribution in [0.4, 0.5) is 5.69 Å². The van der Waals surface area contributed by atoms with Crippen molar-refractivity contribution >= 4 is 29.3 Å². The van der Waals surface area contributed by atoms with Crippen molar-refractivity contribution in [2.24, 2.45) is 0 Å². The minimum atomic E-state index is -0.551. The summed E-state index contributed by atoms with van der Waals surface area (Å²) < 4.78 is 15.8. The van der Waals surface area contributed by atoms with Gasteiger partial charge in [-0.2, -0.15) is 5.26 Å². The van der Waals surface area contributed by atoms with E-state index in [2.05, 4.69) is 5.32 Å². The van der Waals surface area contributed by atoms with E-state index >= 15 is 0 Å². The number of rotatable bonds is 4. The van der Waals surface area contributed by atoms with Crippen LogP contribution in [0.15, 0.2) is 35.9 Å². The number of aryl methyl sites for hydroxylation is 1. The molecule has 7 heteroatoms. The molecule has 2 aromatic carbocycles. The fourth-order valence-corrected chi connectivity index (χ4v) is 2.59. The Morgan fingerprint density at radius 1 is 1.31 bits per heavy atom. The van der Waals surface area contributed by atoms with Gasteiger partial charge in [-0.3, -0.25) is 4.79 Å². The van der Waals surface area contributed by atoms with Gasteiger partial charge in [0.2, 0.25) is 6.79 Å². The van der Waals surface area contributed by atoms with Crippen LogP contribution in [0.3, 0.4) is 0 Å². The Morgan fingerprint density at radius 2 is 2.08 bits per heavy atom. The summed E-state index contributed by atoms with van der Waals surface area (Å²) in [7, 11) is 1.48. The number of methoxy groups -OCH3 is 1. The molecule has 0 atom stereocenters. The quantitative estimate of drug-likeness (QED) is 0.651. The third-order valence-corrected chi connectivity index (χ3v) is 4.21. The van der Waals surface area contributed by atoms with Crippen molar-refractivity contribution in [2.45, 2.75) is 6.92 Å². The number of ether oxygens (including phenoxy) is 3. The molecule has 0 saturated carbocycles. The average Bonchev–Trinajstić information content (AvgIpc) is 3.10. The van der Waals surface area contributed by atoms with Crippen LogP contribution in [-0.4, -0.2) is 19.8 Å². The third kappa shape index (κ3) is 3.58. The van der Waals surface area contributed by atoms with Crippen molar-refractivity contribution < 1.29 is 19.0 Å². The molecule has 0 radical (unpaired) electrons. The lowest BCUT2D eigenvalue weighted by Gasteiger charge is -2.12. The first-order chi connectivity index (χ1) is 12.5. The van der Waals surface area contributed by atoms with Crippen LogP contribution >= 0.6 is 11.6 Å². The molecule has 1 aliphatic heterocycles. The van der Waals surface area contributed by atoms with Gasteiger partial charge in [0.15, 0.2) is 11.5 Å². The number of nitrogens with one attached hydrogen (secondary N) is 1. The molecule has 2 aromatic rings. The van der Waals surface area contributed by atoms with Crippen LogP contribution in [0.2, 0.25) is 5.02 Å². The molecule has 0 spiro atoms. The second-order valence-electron chi connectivity index (χ2n) is 5.54. The number of amides is 1. The molecule has 0 saturated heterocycles. The van der Waals surface area contributed by atoms with Crippen LogP contribution in [0, 0.1) is 18.3 Å². The molecule has 0 unspecified atom stereocenters. The van der Waals surface area contributed by atoms with Crippen molar-refractivity contribution in [3.8, 4) is 23.3 Å². The molecule has 6 nitrogen and oxygen atoms in total. The van der Waals surface area contributed by atoms with Gasteiger partial charge >= 0.3 is 0 Å². The highest BCUT2D eigenvalue weighted by atomic mass is 35.5. The number of halogens is 1. The molecule has 1 aliphatic rings. The lowest BCUT2D eigenvalue weighted by molar-refractivity contribution is -0.112. The third-order valence-electron chi connectivity index (χ3n) is 3.80. The highest BCUT2D eigenvalue weighted by molar-refractivity contribution is 6.31. The summed E-state index contributed by atoms with van der Waals surface area (Å²) in [5.41, 5.74) is 1.81. The number of hydrogen-bond acceptors (Lipinski definition) is 5. The molecule has 0 aliphatic carbocycles. The van der Waals surface area contributed by atoms with E-state index < -0.39 is 5.91 Å². The first kappa shape index (κ1) is 17.6. The maximum atomic E-state index is 12.5. The smallest absolute Gasteiger partial charge is 0.266 e. The monoisotopic (exact) mass is 370 g/mol. The minimum Gasteiger partial charge on any atom is -0.495 e. The van der Waals surface area contributed by atoms with Crippen molar-refractivity contribution in [2.75, 3.05) is 19.2 Å². The molecule has 1 amide bonds. The fraction of sp³-hybridized carbons (Fsp3) is 0.158. The maximum absolute atomic E-state index is 12.5. The Morgan fingerprint density at radius 3 is 2.81 bits per heavy atom. The van der Waals surface area contributed by atoms with E-state index in [1.165, 1.54) is 13.2 Å². The number of hydrogen-bond donors (Lipinski definition) is 1. The Kier molecular flexibility index (Phi) is 5.01. The predicted octanol–water partition coefficient (Wildman–Crippen LogP) is 3.93. The number of carbonyl (C=O) groups is 1. The van der Waals surface area contributed by atoms with Gasteiger partial charge in [0, 0.05) is 11.1 Å². The highest BCUT2D eigenvalue weighted by Gasteiger charge is 2.16. The molecule has 3 rings (SSSR count). The number of benzene rings is 2. The largest absolute Gasteiger partial charge is 0.495 e. The second-order valence-corrected chi connectivity index (χ2v) is 5.95. The zero-order valence-corrected chi connectivity index (χ0v) is 14.9. The summed E-state index contributed by atoms with van der Waals surface area (Å²) >= 11 is 6.07. The lowest BCUT2D eigenvalue weighted by Crippen LogP contribution is -2.14. The van der Waals surface area contributed by atoms with Gasteiger partial charge in [0.1, 0.15) is 17.4 Å². The van der Waals surface area contributed by atoms with Gasteiger partial charge < -0.3 is 19.5 Å². The van der Waals surface area contributed by atoms with Crippen LogP contribution in [0.1, 0.15) is 11.1 Å². The van der Waals surface area contributed by atoms with Crippen LogP contribution in [0.25, 0.3) is 6.08 Å². The summed E-state index contributed by atoms with van der Waals surface area (Å²) in [6, 6.07) is 10.4. The number of nitriles is 1. The number of fused-ring (bicyclic) bond motifs is 1. The Balaban J connectivity index is 1.86. The molecule has 0 bridgehead atoms. The van der Waals surface area contributed by atoms with Crippen molar-refractivity contribution in [1.82, 2.24) is 0 Å². The molecular formula is C19H15ClN2O4. The van der Waals surface area contributed by atoms with Gasteiger partial charge in [-0.05, 0) is 42.3 Å². The number of nitrogens with zero attached hydrogens (tertiary/aromatic N) is 1. The van der Waals surface area contributed by atoms with Crippen molar-refractivity contribution in [1.29, 1.82) is 5.26 Å². The Hall–Kier alpha value is -3.17. The summed E-state index contributed by atoms with van der Waals surface area (Å²) in [6.45, 7) is 1.97. The normalized spacial score (nSPS) is 12.5. The van der Waals surface area contributed by atoms with E-state index in [0.29, 0.717) is 33.5 Å².